The summed E-state index contributed by atoms with van der Waals surface area (Å²) in [5.41, 5.74) is 6.83. The van der Waals surface area contributed by atoms with Crippen LogP contribution < -0.4 is 5.73 Å². The average molecular weight is 297 g/mol. The Labute approximate surface area is 105 Å². The number of rotatable bonds is 2. The predicted molar refractivity (Wildman–Crippen MR) is 67.1 cm³/mol. The summed E-state index contributed by atoms with van der Waals surface area (Å²) in [5.74, 6) is 0.344. The van der Waals surface area contributed by atoms with Gasteiger partial charge in [0.05, 0.1) is 15.1 Å². The molecule has 1 aromatic heterocycles. The molecule has 2 rings (SSSR count). The van der Waals surface area contributed by atoms with Crippen molar-refractivity contribution in [1.82, 2.24) is 9.78 Å². The number of aryl methyl sites for hydroxylation is 1. The highest BCUT2D eigenvalue weighted by molar-refractivity contribution is 9.10. The van der Waals surface area contributed by atoms with Gasteiger partial charge in [-0.15, -0.1) is 0 Å². The summed E-state index contributed by atoms with van der Waals surface area (Å²) in [4.78, 5) is 10.5. The number of benzene rings is 1. The molecule has 0 spiro atoms. The highest BCUT2D eigenvalue weighted by atomic mass is 79.9. The smallest absolute Gasteiger partial charge is 0.294 e. The van der Waals surface area contributed by atoms with Crippen LogP contribution in [0.25, 0.3) is 5.69 Å². The standard InChI is InChI=1S/C10H9BrN4O2/c1-6-9(11)10(12)14(13-6)7-4-2-3-5-8(7)15(16)17/h2-5H,12H2,1H3. The van der Waals surface area contributed by atoms with Crippen LogP contribution in [-0.2, 0) is 0 Å². The third-order valence-corrected chi connectivity index (χ3v) is 3.31. The van der Waals surface area contributed by atoms with Gasteiger partial charge in [0.25, 0.3) is 5.69 Å². The number of nitrogens with two attached hydrogens (primary N) is 1. The molecule has 88 valence electrons. The van der Waals surface area contributed by atoms with Gasteiger partial charge in [0.15, 0.2) is 0 Å². The molecule has 0 radical (unpaired) electrons. The number of nitrogens with zero attached hydrogens (tertiary/aromatic N) is 3. The van der Waals surface area contributed by atoms with E-state index in [0.717, 1.165) is 0 Å². The first-order valence-corrected chi connectivity index (χ1v) is 5.56. The van der Waals surface area contributed by atoms with E-state index >= 15 is 0 Å². The van der Waals surface area contributed by atoms with Gasteiger partial charge in [0, 0.05) is 6.07 Å². The Morgan fingerprint density at radius 3 is 2.65 bits per heavy atom. The van der Waals surface area contributed by atoms with Crippen molar-refractivity contribution in [3.8, 4) is 5.69 Å². The van der Waals surface area contributed by atoms with Gasteiger partial charge in [-0.05, 0) is 28.9 Å². The molecule has 7 heteroatoms. The number of nitro groups is 1. The number of aromatic nitrogens is 2. The molecule has 1 heterocycles. The summed E-state index contributed by atoms with van der Waals surface area (Å²) in [6.07, 6.45) is 0. The maximum absolute atomic E-state index is 10.9. The summed E-state index contributed by atoms with van der Waals surface area (Å²) < 4.78 is 2.01. The minimum absolute atomic E-state index is 0.0331. The molecule has 0 aliphatic carbocycles. The molecule has 0 aliphatic heterocycles. The molecular weight excluding hydrogens is 288 g/mol. The van der Waals surface area contributed by atoms with Gasteiger partial charge in [-0.3, -0.25) is 10.1 Å². The van der Waals surface area contributed by atoms with Gasteiger partial charge in [0.2, 0.25) is 0 Å². The lowest BCUT2D eigenvalue weighted by atomic mass is 10.3. The number of halogens is 1. The Morgan fingerprint density at radius 1 is 1.47 bits per heavy atom. The highest BCUT2D eigenvalue weighted by Gasteiger charge is 2.19. The molecule has 0 unspecified atom stereocenters. The maximum atomic E-state index is 10.9. The van der Waals surface area contributed by atoms with Crippen LogP contribution >= 0.6 is 15.9 Å². The fraction of sp³-hybridized carbons (Fsp3) is 0.100. The van der Waals surface area contributed by atoms with E-state index in [1.54, 1.807) is 25.1 Å². The van der Waals surface area contributed by atoms with E-state index in [-0.39, 0.29) is 5.69 Å². The second kappa shape index (κ2) is 4.17. The van der Waals surface area contributed by atoms with E-state index in [2.05, 4.69) is 21.0 Å². The molecule has 1 aromatic carbocycles. The van der Waals surface area contributed by atoms with Crippen molar-refractivity contribution in [2.45, 2.75) is 6.92 Å². The second-order valence-corrected chi connectivity index (χ2v) is 4.24. The molecular formula is C10H9BrN4O2. The van der Waals surface area contributed by atoms with E-state index in [1.165, 1.54) is 10.7 Å². The largest absolute Gasteiger partial charge is 0.383 e. The summed E-state index contributed by atoms with van der Waals surface area (Å²) in [5, 5.41) is 15.1. The molecule has 0 bridgehead atoms. The van der Waals surface area contributed by atoms with Crippen molar-refractivity contribution in [3.63, 3.8) is 0 Å². The van der Waals surface area contributed by atoms with Gasteiger partial charge in [-0.2, -0.15) is 5.10 Å². The zero-order chi connectivity index (χ0) is 12.6. The lowest BCUT2D eigenvalue weighted by molar-refractivity contribution is -0.384. The normalized spacial score (nSPS) is 10.5. The fourth-order valence-electron chi connectivity index (χ4n) is 1.51. The Bertz CT molecular complexity index is 594. The Balaban J connectivity index is 2.68. The topological polar surface area (TPSA) is 87.0 Å². The first-order valence-electron chi connectivity index (χ1n) is 4.76. The van der Waals surface area contributed by atoms with E-state index in [1.807, 2.05) is 0 Å². The van der Waals surface area contributed by atoms with Gasteiger partial charge in [0.1, 0.15) is 11.5 Å². The zero-order valence-corrected chi connectivity index (χ0v) is 10.5. The van der Waals surface area contributed by atoms with Crippen LogP contribution in [0.5, 0.6) is 0 Å². The number of anilines is 1. The van der Waals surface area contributed by atoms with E-state index < -0.39 is 4.92 Å². The lowest BCUT2D eigenvalue weighted by Gasteiger charge is -2.04. The van der Waals surface area contributed by atoms with Crippen LogP contribution in [0.1, 0.15) is 5.69 Å². The van der Waals surface area contributed by atoms with E-state index in [4.69, 9.17) is 5.73 Å². The van der Waals surface area contributed by atoms with Crippen LogP contribution in [0.15, 0.2) is 28.7 Å². The number of nitro benzene ring substituents is 1. The predicted octanol–water partition coefficient (Wildman–Crippen LogP) is 2.43. The van der Waals surface area contributed by atoms with Crippen molar-refractivity contribution in [2.75, 3.05) is 5.73 Å². The quantitative estimate of drug-likeness (QED) is 0.681. The van der Waals surface area contributed by atoms with Crippen LogP contribution in [0.2, 0.25) is 0 Å². The van der Waals surface area contributed by atoms with Gasteiger partial charge >= 0.3 is 0 Å². The molecule has 0 aliphatic rings. The molecule has 2 aromatic rings. The first-order chi connectivity index (χ1) is 8.02. The number of para-hydroxylation sites is 2. The third kappa shape index (κ3) is 1.89. The average Bonchev–Trinajstić information content (AvgIpc) is 2.57. The van der Waals surface area contributed by atoms with Gasteiger partial charge in [-0.1, -0.05) is 12.1 Å². The Morgan fingerprint density at radius 2 is 2.12 bits per heavy atom. The number of nitrogen functional groups attached to an aromatic ring is 1. The van der Waals surface area contributed by atoms with Crippen molar-refractivity contribution < 1.29 is 4.92 Å². The van der Waals surface area contributed by atoms with Crippen LogP contribution in [0.4, 0.5) is 11.5 Å². The van der Waals surface area contributed by atoms with Crippen molar-refractivity contribution >= 4 is 27.4 Å². The number of hydrogen-bond donors (Lipinski definition) is 1. The molecule has 0 amide bonds. The van der Waals surface area contributed by atoms with Crippen molar-refractivity contribution in [1.29, 1.82) is 0 Å². The molecule has 0 saturated heterocycles. The van der Waals surface area contributed by atoms with E-state index in [9.17, 15) is 10.1 Å². The maximum Gasteiger partial charge on any atom is 0.294 e. The molecule has 2 N–H and O–H groups in total. The lowest BCUT2D eigenvalue weighted by Crippen LogP contribution is -2.05. The summed E-state index contributed by atoms with van der Waals surface area (Å²) in [7, 11) is 0. The van der Waals surface area contributed by atoms with Crippen LogP contribution in [-0.4, -0.2) is 14.7 Å². The second-order valence-electron chi connectivity index (χ2n) is 3.44. The summed E-state index contributed by atoms with van der Waals surface area (Å²) in [6.45, 7) is 1.77. The third-order valence-electron chi connectivity index (χ3n) is 2.33. The van der Waals surface area contributed by atoms with Crippen molar-refractivity contribution in [3.05, 3.63) is 44.5 Å². The Hall–Kier alpha value is -1.89. The number of hydrogen-bond acceptors (Lipinski definition) is 4. The van der Waals surface area contributed by atoms with Gasteiger partial charge < -0.3 is 5.73 Å². The molecule has 0 fully saturated rings. The van der Waals surface area contributed by atoms with Crippen LogP contribution in [0, 0.1) is 17.0 Å². The summed E-state index contributed by atoms with van der Waals surface area (Å²) >= 11 is 3.28. The first kappa shape index (κ1) is 11.6. The summed E-state index contributed by atoms with van der Waals surface area (Å²) in [6, 6.07) is 6.32. The highest BCUT2D eigenvalue weighted by Crippen LogP contribution is 2.29. The molecule has 6 nitrogen and oxygen atoms in total. The SMILES string of the molecule is Cc1nn(-c2ccccc2[N+](=O)[O-])c(N)c1Br. The minimum Gasteiger partial charge on any atom is -0.383 e. The van der Waals surface area contributed by atoms with Crippen LogP contribution in [0.3, 0.4) is 0 Å². The monoisotopic (exact) mass is 296 g/mol. The van der Waals surface area contributed by atoms with Gasteiger partial charge in [-0.25, -0.2) is 4.68 Å². The fourth-order valence-corrected chi connectivity index (χ4v) is 1.75. The molecule has 17 heavy (non-hydrogen) atoms. The minimum atomic E-state index is -0.459. The zero-order valence-electron chi connectivity index (χ0n) is 8.92. The molecule has 0 atom stereocenters. The molecule has 0 saturated carbocycles. The Kier molecular flexibility index (Phi) is 2.84. The van der Waals surface area contributed by atoms with Crippen molar-refractivity contribution in [2.24, 2.45) is 0 Å². The van der Waals surface area contributed by atoms with E-state index in [0.29, 0.717) is 21.7 Å².